The molecule has 0 aliphatic carbocycles. The number of hydrogen-bond acceptors (Lipinski definition) is 4. The summed E-state index contributed by atoms with van der Waals surface area (Å²) in [7, 11) is 0. The third-order valence-corrected chi connectivity index (χ3v) is 6.45. The van der Waals surface area contributed by atoms with Crippen molar-refractivity contribution in [3.8, 4) is 11.3 Å². The van der Waals surface area contributed by atoms with Crippen LogP contribution in [-0.4, -0.2) is 35.1 Å². The fourth-order valence-electron chi connectivity index (χ4n) is 4.73. The molecule has 0 amide bonds. The van der Waals surface area contributed by atoms with Gasteiger partial charge in [-0.1, -0.05) is 38.1 Å². The Balaban J connectivity index is 1.81. The van der Waals surface area contributed by atoms with Crippen molar-refractivity contribution in [2.45, 2.75) is 77.8 Å². The number of hydrogen-bond donors (Lipinski definition) is 1. The van der Waals surface area contributed by atoms with Crippen molar-refractivity contribution < 1.29 is 0 Å². The summed E-state index contributed by atoms with van der Waals surface area (Å²) in [6.45, 7) is 11.1. The SMILES string of the molecule is CC(C)c1ccc(-c2nc(N3C(C)CCCC3C)nc3c2CCNCC3)cc1. The minimum absolute atomic E-state index is 0.502. The molecule has 2 aliphatic heterocycles. The second-order valence-corrected chi connectivity index (χ2v) is 8.86. The Hall–Kier alpha value is -1.94. The van der Waals surface area contributed by atoms with Gasteiger partial charge >= 0.3 is 0 Å². The van der Waals surface area contributed by atoms with Gasteiger partial charge in [0.25, 0.3) is 0 Å². The quantitative estimate of drug-likeness (QED) is 0.839. The van der Waals surface area contributed by atoms with Crippen LogP contribution in [0.2, 0.25) is 0 Å². The van der Waals surface area contributed by atoms with Gasteiger partial charge in [0.2, 0.25) is 5.95 Å². The third kappa shape index (κ3) is 3.80. The van der Waals surface area contributed by atoms with Crippen LogP contribution < -0.4 is 10.2 Å². The molecule has 1 aromatic carbocycles. The number of nitrogens with one attached hydrogen (secondary N) is 1. The summed E-state index contributed by atoms with van der Waals surface area (Å²) in [4.78, 5) is 12.8. The molecular weight excluding hydrogens is 344 g/mol. The second kappa shape index (κ2) is 8.20. The van der Waals surface area contributed by atoms with E-state index < -0.39 is 0 Å². The average Bonchev–Trinajstić information content (AvgIpc) is 2.93. The van der Waals surface area contributed by atoms with E-state index in [1.165, 1.54) is 41.6 Å². The van der Waals surface area contributed by atoms with Crippen molar-refractivity contribution >= 4 is 5.95 Å². The molecule has 0 spiro atoms. The highest BCUT2D eigenvalue weighted by Gasteiger charge is 2.29. The molecule has 0 bridgehead atoms. The monoisotopic (exact) mass is 378 g/mol. The van der Waals surface area contributed by atoms with Crippen LogP contribution in [0.25, 0.3) is 11.3 Å². The number of fused-ring (bicyclic) bond motifs is 1. The van der Waals surface area contributed by atoms with Gasteiger partial charge in [0, 0.05) is 36.2 Å². The van der Waals surface area contributed by atoms with Gasteiger partial charge in [-0.05, 0) is 57.6 Å². The number of piperidine rings is 1. The van der Waals surface area contributed by atoms with Gasteiger partial charge in [0.15, 0.2) is 0 Å². The lowest BCUT2D eigenvalue weighted by molar-refractivity contribution is 0.407. The number of rotatable bonds is 3. The predicted octanol–water partition coefficient (Wildman–Crippen LogP) is 4.72. The highest BCUT2D eigenvalue weighted by Crippen LogP contribution is 2.32. The molecule has 1 saturated heterocycles. The second-order valence-electron chi connectivity index (χ2n) is 8.86. The van der Waals surface area contributed by atoms with E-state index in [9.17, 15) is 0 Å². The predicted molar refractivity (Wildman–Crippen MR) is 117 cm³/mol. The average molecular weight is 379 g/mol. The minimum atomic E-state index is 0.502. The van der Waals surface area contributed by atoms with Gasteiger partial charge in [-0.15, -0.1) is 0 Å². The van der Waals surface area contributed by atoms with Crippen LogP contribution in [0.4, 0.5) is 5.95 Å². The standard InChI is InChI=1S/C24H34N4/c1-16(2)19-8-10-20(11-9-19)23-21-12-14-25-15-13-22(21)26-24(27-23)28-17(3)6-5-7-18(28)4/h8-11,16-18,25H,5-7,12-15H2,1-4H3. The summed E-state index contributed by atoms with van der Waals surface area (Å²) in [5.41, 5.74) is 6.32. The zero-order valence-electron chi connectivity index (χ0n) is 17.8. The molecule has 2 aromatic rings. The summed E-state index contributed by atoms with van der Waals surface area (Å²) in [5.74, 6) is 1.48. The zero-order valence-corrected chi connectivity index (χ0v) is 17.8. The van der Waals surface area contributed by atoms with Crippen LogP contribution >= 0.6 is 0 Å². The first-order chi connectivity index (χ1) is 13.5. The lowest BCUT2D eigenvalue weighted by atomic mass is 9.96. The minimum Gasteiger partial charge on any atom is -0.335 e. The summed E-state index contributed by atoms with van der Waals surface area (Å²) < 4.78 is 0. The highest BCUT2D eigenvalue weighted by atomic mass is 15.3. The first kappa shape index (κ1) is 19.4. The zero-order chi connectivity index (χ0) is 19.7. The van der Waals surface area contributed by atoms with Crippen molar-refractivity contribution in [1.82, 2.24) is 15.3 Å². The van der Waals surface area contributed by atoms with Crippen molar-refractivity contribution in [2.24, 2.45) is 0 Å². The maximum absolute atomic E-state index is 5.18. The summed E-state index contributed by atoms with van der Waals surface area (Å²) >= 11 is 0. The van der Waals surface area contributed by atoms with Gasteiger partial charge < -0.3 is 10.2 Å². The van der Waals surface area contributed by atoms with Crippen LogP contribution in [0.1, 0.15) is 69.7 Å². The molecule has 2 aliphatic rings. The van der Waals surface area contributed by atoms with Crippen molar-refractivity contribution in [3.63, 3.8) is 0 Å². The van der Waals surface area contributed by atoms with Crippen LogP contribution in [0.5, 0.6) is 0 Å². The van der Waals surface area contributed by atoms with E-state index in [0.29, 0.717) is 18.0 Å². The van der Waals surface area contributed by atoms with Crippen LogP contribution in [0, 0.1) is 0 Å². The van der Waals surface area contributed by atoms with Crippen molar-refractivity contribution in [2.75, 3.05) is 18.0 Å². The van der Waals surface area contributed by atoms with Gasteiger partial charge in [0.05, 0.1) is 11.4 Å². The maximum atomic E-state index is 5.18. The number of nitrogens with zero attached hydrogens (tertiary/aromatic N) is 3. The van der Waals surface area contributed by atoms with Crippen LogP contribution in [0.3, 0.4) is 0 Å². The molecule has 3 heterocycles. The van der Waals surface area contributed by atoms with Gasteiger partial charge in [-0.25, -0.2) is 9.97 Å². The number of anilines is 1. The van der Waals surface area contributed by atoms with Gasteiger partial charge in [-0.2, -0.15) is 0 Å². The molecule has 1 fully saturated rings. The first-order valence-electron chi connectivity index (χ1n) is 11.0. The molecule has 4 nitrogen and oxygen atoms in total. The largest absolute Gasteiger partial charge is 0.335 e. The Morgan fingerprint density at radius 3 is 2.32 bits per heavy atom. The Kier molecular flexibility index (Phi) is 5.68. The van der Waals surface area contributed by atoms with Crippen molar-refractivity contribution in [1.29, 1.82) is 0 Å². The van der Waals surface area contributed by atoms with E-state index in [1.807, 2.05) is 0 Å². The van der Waals surface area contributed by atoms with E-state index in [4.69, 9.17) is 9.97 Å². The molecule has 0 saturated carbocycles. The molecule has 2 unspecified atom stereocenters. The first-order valence-corrected chi connectivity index (χ1v) is 11.0. The van der Waals surface area contributed by atoms with Gasteiger partial charge in [0.1, 0.15) is 0 Å². The molecule has 28 heavy (non-hydrogen) atoms. The lowest BCUT2D eigenvalue weighted by Crippen LogP contribution is -2.45. The molecule has 2 atom stereocenters. The molecule has 1 N–H and O–H groups in total. The fraction of sp³-hybridized carbons (Fsp3) is 0.583. The Morgan fingerprint density at radius 2 is 1.64 bits per heavy atom. The molecule has 4 heteroatoms. The van der Waals surface area contributed by atoms with E-state index in [2.05, 4.69) is 62.2 Å². The molecule has 0 radical (unpaired) electrons. The van der Waals surface area contributed by atoms with Crippen LogP contribution in [0.15, 0.2) is 24.3 Å². The third-order valence-electron chi connectivity index (χ3n) is 6.45. The van der Waals surface area contributed by atoms with E-state index in [-0.39, 0.29) is 0 Å². The topological polar surface area (TPSA) is 41.1 Å². The molecule has 1 aromatic heterocycles. The fourth-order valence-corrected chi connectivity index (χ4v) is 4.73. The summed E-state index contributed by atoms with van der Waals surface area (Å²) in [5, 5.41) is 3.53. The van der Waals surface area contributed by atoms with Gasteiger partial charge in [-0.3, -0.25) is 0 Å². The summed E-state index contributed by atoms with van der Waals surface area (Å²) in [6, 6.07) is 10.0. The normalized spacial score (nSPS) is 22.8. The lowest BCUT2D eigenvalue weighted by Gasteiger charge is -2.39. The van der Waals surface area contributed by atoms with E-state index >= 15 is 0 Å². The maximum Gasteiger partial charge on any atom is 0.226 e. The Labute approximate surface area is 169 Å². The van der Waals surface area contributed by atoms with Crippen molar-refractivity contribution in [3.05, 3.63) is 41.1 Å². The van der Waals surface area contributed by atoms with E-state index in [1.54, 1.807) is 0 Å². The Morgan fingerprint density at radius 1 is 0.964 bits per heavy atom. The smallest absolute Gasteiger partial charge is 0.226 e. The van der Waals surface area contributed by atoms with Crippen LogP contribution in [-0.2, 0) is 12.8 Å². The number of aromatic nitrogens is 2. The molecular formula is C24H34N4. The Bertz CT molecular complexity index is 802. The summed E-state index contributed by atoms with van der Waals surface area (Å²) in [6.07, 6.45) is 5.74. The molecule has 4 rings (SSSR count). The van der Waals surface area contributed by atoms with E-state index in [0.717, 1.165) is 37.6 Å². The highest BCUT2D eigenvalue weighted by molar-refractivity contribution is 5.66. The number of benzene rings is 1. The molecule has 150 valence electrons.